The molecule has 0 spiro atoms. The average Bonchev–Trinajstić information content (AvgIpc) is 2.25. The summed E-state index contributed by atoms with van der Waals surface area (Å²) >= 11 is 0. The molecule has 0 heterocycles. The summed E-state index contributed by atoms with van der Waals surface area (Å²) in [5.41, 5.74) is 0. The molecule has 0 rings (SSSR count). The van der Waals surface area contributed by atoms with Gasteiger partial charge < -0.3 is 4.43 Å². The van der Waals surface area contributed by atoms with Gasteiger partial charge in [0, 0.05) is 20.6 Å². The fourth-order valence-electron chi connectivity index (χ4n) is 1.22. The second-order valence-corrected chi connectivity index (χ2v) is 11.3. The number of hydrogen-bond acceptors (Lipinski definition) is 3. The predicted octanol–water partition coefficient (Wildman–Crippen LogP) is 3.59. The van der Waals surface area contributed by atoms with E-state index in [1.807, 2.05) is 0 Å². The van der Waals surface area contributed by atoms with Gasteiger partial charge in [-0.3, -0.25) is 9.63 Å². The van der Waals surface area contributed by atoms with Gasteiger partial charge in [0.25, 0.3) is 0 Å². The zero-order valence-electron chi connectivity index (χ0n) is 13.7. The summed E-state index contributed by atoms with van der Waals surface area (Å²) in [5.74, 6) is -0.0683. The minimum atomic E-state index is -1.59. The van der Waals surface area contributed by atoms with E-state index >= 15 is 0 Å². The molecular formula is C14H31NO3Si. The molecule has 0 aromatic heterocycles. The van der Waals surface area contributed by atoms with E-state index in [4.69, 9.17) is 9.26 Å². The first-order valence-corrected chi connectivity index (χ1v) is 10.00. The van der Waals surface area contributed by atoms with Crippen LogP contribution in [0.5, 0.6) is 0 Å². The smallest absolute Gasteiger partial charge is 0.242 e. The number of carbonyl (C=O) groups is 1. The molecule has 0 N–H and O–H groups in total. The van der Waals surface area contributed by atoms with Crippen LogP contribution in [0.3, 0.4) is 0 Å². The molecule has 0 aliphatic rings. The lowest BCUT2D eigenvalue weighted by Crippen LogP contribution is -2.40. The van der Waals surface area contributed by atoms with Crippen molar-refractivity contribution in [2.24, 2.45) is 0 Å². The van der Waals surface area contributed by atoms with Crippen LogP contribution in [-0.4, -0.2) is 39.5 Å². The van der Waals surface area contributed by atoms with Crippen molar-refractivity contribution in [2.45, 2.75) is 65.1 Å². The lowest BCUT2D eigenvalue weighted by atomic mass is 10.2. The first-order valence-electron chi connectivity index (χ1n) is 7.09. The normalized spacial score (nSPS) is 12.6. The Labute approximate surface area is 119 Å². The van der Waals surface area contributed by atoms with E-state index in [0.29, 0.717) is 6.61 Å². The van der Waals surface area contributed by atoms with E-state index in [-0.39, 0.29) is 10.9 Å². The molecular weight excluding hydrogens is 258 g/mol. The third-order valence-corrected chi connectivity index (χ3v) is 8.32. The van der Waals surface area contributed by atoms with Crippen LogP contribution in [0.15, 0.2) is 0 Å². The minimum Gasteiger partial charge on any atom is -0.417 e. The Balaban J connectivity index is 3.59. The monoisotopic (exact) mass is 289 g/mol. The molecule has 0 bridgehead atoms. The standard InChI is InChI=1S/C14H31NO3Si/c1-13(16)15(5)17-11-9-8-10-12-18-19(6,7)14(2,3)4/h8-12H2,1-7H3. The van der Waals surface area contributed by atoms with Crippen LogP contribution in [0.2, 0.25) is 18.1 Å². The van der Waals surface area contributed by atoms with E-state index in [2.05, 4.69) is 33.9 Å². The Hall–Kier alpha value is -0.393. The van der Waals surface area contributed by atoms with Crippen molar-refractivity contribution >= 4 is 14.2 Å². The summed E-state index contributed by atoms with van der Waals surface area (Å²) in [5, 5.41) is 1.56. The van der Waals surface area contributed by atoms with Crippen LogP contribution in [0.4, 0.5) is 0 Å². The van der Waals surface area contributed by atoms with Gasteiger partial charge in [0.1, 0.15) is 0 Å². The Morgan fingerprint density at radius 3 is 2.11 bits per heavy atom. The lowest BCUT2D eigenvalue weighted by Gasteiger charge is -2.36. The van der Waals surface area contributed by atoms with Crippen LogP contribution < -0.4 is 0 Å². The second-order valence-electron chi connectivity index (χ2n) is 6.52. The van der Waals surface area contributed by atoms with Crippen molar-refractivity contribution < 1.29 is 14.1 Å². The van der Waals surface area contributed by atoms with Gasteiger partial charge in [-0.25, -0.2) is 5.06 Å². The number of rotatable bonds is 8. The topological polar surface area (TPSA) is 38.8 Å². The summed E-state index contributed by atoms with van der Waals surface area (Å²) in [6.07, 6.45) is 3.08. The quantitative estimate of drug-likeness (QED) is 0.389. The molecule has 114 valence electrons. The molecule has 0 saturated carbocycles. The van der Waals surface area contributed by atoms with E-state index in [1.165, 1.54) is 12.0 Å². The molecule has 0 atom stereocenters. The maximum atomic E-state index is 10.9. The Bertz CT molecular complexity index is 274. The third kappa shape index (κ3) is 7.70. The predicted molar refractivity (Wildman–Crippen MR) is 81.4 cm³/mol. The van der Waals surface area contributed by atoms with E-state index in [9.17, 15) is 4.79 Å². The van der Waals surface area contributed by atoms with Gasteiger partial charge in [-0.2, -0.15) is 0 Å². The van der Waals surface area contributed by atoms with Crippen molar-refractivity contribution in [3.8, 4) is 0 Å². The van der Waals surface area contributed by atoms with Crippen LogP contribution in [-0.2, 0) is 14.1 Å². The Morgan fingerprint density at radius 2 is 1.63 bits per heavy atom. The summed E-state index contributed by atoms with van der Waals surface area (Å²) in [4.78, 5) is 16.2. The molecule has 1 amide bonds. The van der Waals surface area contributed by atoms with Gasteiger partial charge in [-0.15, -0.1) is 0 Å². The summed E-state index contributed by atoms with van der Waals surface area (Å²) < 4.78 is 6.09. The number of unbranched alkanes of at least 4 members (excludes halogenated alkanes) is 2. The first kappa shape index (κ1) is 18.6. The number of nitrogens with zero attached hydrogens (tertiary/aromatic N) is 1. The van der Waals surface area contributed by atoms with E-state index in [1.54, 1.807) is 7.05 Å². The molecule has 0 aromatic rings. The van der Waals surface area contributed by atoms with Gasteiger partial charge in [-0.1, -0.05) is 20.8 Å². The third-order valence-electron chi connectivity index (χ3n) is 3.79. The molecule has 0 saturated heterocycles. The number of amides is 1. The van der Waals surface area contributed by atoms with E-state index in [0.717, 1.165) is 25.9 Å². The molecule has 0 radical (unpaired) electrons. The fourth-order valence-corrected chi connectivity index (χ4v) is 2.30. The molecule has 0 aliphatic heterocycles. The number of carbonyl (C=O) groups excluding carboxylic acids is 1. The largest absolute Gasteiger partial charge is 0.417 e. The number of hydrogen-bond donors (Lipinski definition) is 0. The minimum absolute atomic E-state index is 0.0683. The maximum Gasteiger partial charge on any atom is 0.242 e. The van der Waals surface area contributed by atoms with Crippen LogP contribution in [0, 0.1) is 0 Å². The molecule has 19 heavy (non-hydrogen) atoms. The van der Waals surface area contributed by atoms with Crippen molar-refractivity contribution in [1.29, 1.82) is 0 Å². The van der Waals surface area contributed by atoms with Crippen LogP contribution in [0.25, 0.3) is 0 Å². The highest BCUT2D eigenvalue weighted by Gasteiger charge is 2.36. The first-order chi connectivity index (χ1) is 8.58. The van der Waals surface area contributed by atoms with Crippen molar-refractivity contribution in [1.82, 2.24) is 5.06 Å². The molecule has 0 aliphatic carbocycles. The van der Waals surface area contributed by atoms with Crippen LogP contribution >= 0.6 is 0 Å². The van der Waals surface area contributed by atoms with Gasteiger partial charge in [-0.05, 0) is 37.4 Å². The SMILES string of the molecule is CC(=O)N(C)OCCCCCO[Si](C)(C)C(C)(C)C. The number of hydroxylamine groups is 2. The highest BCUT2D eigenvalue weighted by Crippen LogP contribution is 2.36. The molecule has 5 heteroatoms. The van der Waals surface area contributed by atoms with Gasteiger partial charge >= 0.3 is 0 Å². The highest BCUT2D eigenvalue weighted by molar-refractivity contribution is 6.74. The van der Waals surface area contributed by atoms with Gasteiger partial charge in [0.15, 0.2) is 8.32 Å². The van der Waals surface area contributed by atoms with Gasteiger partial charge in [0.05, 0.1) is 6.61 Å². The van der Waals surface area contributed by atoms with Crippen molar-refractivity contribution in [2.75, 3.05) is 20.3 Å². The highest BCUT2D eigenvalue weighted by atomic mass is 28.4. The molecule has 0 fully saturated rings. The summed E-state index contributed by atoms with van der Waals surface area (Å²) in [6.45, 7) is 14.2. The summed E-state index contributed by atoms with van der Waals surface area (Å²) in [7, 11) is 0.0514. The molecule has 0 unspecified atom stereocenters. The second kappa shape index (κ2) is 8.02. The molecule has 4 nitrogen and oxygen atoms in total. The maximum absolute atomic E-state index is 10.9. The lowest BCUT2D eigenvalue weighted by molar-refractivity contribution is -0.176. The van der Waals surface area contributed by atoms with E-state index < -0.39 is 8.32 Å². The average molecular weight is 289 g/mol. The summed E-state index contributed by atoms with van der Waals surface area (Å²) in [6, 6.07) is 0. The van der Waals surface area contributed by atoms with Crippen molar-refractivity contribution in [3.05, 3.63) is 0 Å². The fraction of sp³-hybridized carbons (Fsp3) is 0.929. The zero-order chi connectivity index (χ0) is 15.1. The zero-order valence-corrected chi connectivity index (χ0v) is 14.7. The Morgan fingerprint density at radius 1 is 1.11 bits per heavy atom. The van der Waals surface area contributed by atoms with Crippen molar-refractivity contribution in [3.63, 3.8) is 0 Å². The van der Waals surface area contributed by atoms with Crippen LogP contribution in [0.1, 0.15) is 47.0 Å². The molecule has 0 aromatic carbocycles. The Kier molecular flexibility index (Phi) is 7.85. The van der Waals surface area contributed by atoms with Gasteiger partial charge in [0.2, 0.25) is 5.91 Å².